The first-order valence-electron chi connectivity index (χ1n) is 7.25. The standard InChI is InChI=1S/C16H24N2O2/c1-3-4-5-6-10-15(19)17-12-16(20)18-14-9-7-8-13(2)11-14/h7-9,11H,3-6,10,12H2,1-2H3,(H,17,19)(H,18,20). The van der Waals surface area contributed by atoms with E-state index >= 15 is 0 Å². The molecule has 0 bridgehead atoms. The molecule has 1 aromatic carbocycles. The van der Waals surface area contributed by atoms with Crippen molar-refractivity contribution in [2.75, 3.05) is 11.9 Å². The Morgan fingerprint density at radius 3 is 2.60 bits per heavy atom. The van der Waals surface area contributed by atoms with Gasteiger partial charge in [-0.3, -0.25) is 9.59 Å². The first-order valence-corrected chi connectivity index (χ1v) is 7.25. The molecule has 0 aliphatic heterocycles. The van der Waals surface area contributed by atoms with Crippen LogP contribution in [0.4, 0.5) is 5.69 Å². The van der Waals surface area contributed by atoms with Gasteiger partial charge >= 0.3 is 0 Å². The molecule has 0 fully saturated rings. The average molecular weight is 276 g/mol. The van der Waals surface area contributed by atoms with E-state index in [1.807, 2.05) is 31.2 Å². The third kappa shape index (κ3) is 6.92. The number of hydrogen-bond donors (Lipinski definition) is 2. The van der Waals surface area contributed by atoms with Gasteiger partial charge in [0, 0.05) is 12.1 Å². The van der Waals surface area contributed by atoms with E-state index in [0.717, 1.165) is 36.9 Å². The number of carbonyl (C=O) groups excluding carboxylic acids is 2. The van der Waals surface area contributed by atoms with Gasteiger partial charge < -0.3 is 10.6 Å². The Kier molecular flexibility index (Phi) is 7.40. The van der Waals surface area contributed by atoms with Crippen LogP contribution in [0.5, 0.6) is 0 Å². The maximum atomic E-state index is 11.7. The molecule has 4 nitrogen and oxygen atoms in total. The molecule has 0 saturated carbocycles. The highest BCUT2D eigenvalue weighted by Gasteiger charge is 2.05. The third-order valence-electron chi connectivity index (χ3n) is 3.01. The van der Waals surface area contributed by atoms with Crippen molar-refractivity contribution in [2.24, 2.45) is 0 Å². The predicted molar refractivity (Wildman–Crippen MR) is 81.6 cm³/mol. The van der Waals surface area contributed by atoms with Gasteiger partial charge in [0.2, 0.25) is 11.8 Å². The highest BCUT2D eigenvalue weighted by Crippen LogP contribution is 2.08. The Hall–Kier alpha value is -1.84. The van der Waals surface area contributed by atoms with Crippen LogP contribution in [-0.2, 0) is 9.59 Å². The maximum Gasteiger partial charge on any atom is 0.243 e. The molecule has 0 radical (unpaired) electrons. The van der Waals surface area contributed by atoms with Crippen LogP contribution in [0.3, 0.4) is 0 Å². The van der Waals surface area contributed by atoms with Crippen LogP contribution in [-0.4, -0.2) is 18.4 Å². The molecule has 0 aromatic heterocycles. The zero-order valence-corrected chi connectivity index (χ0v) is 12.4. The molecule has 0 heterocycles. The van der Waals surface area contributed by atoms with Crippen molar-refractivity contribution in [1.29, 1.82) is 0 Å². The average Bonchev–Trinajstić information content (AvgIpc) is 2.41. The van der Waals surface area contributed by atoms with Crippen molar-refractivity contribution in [1.82, 2.24) is 5.32 Å². The fraction of sp³-hybridized carbons (Fsp3) is 0.500. The normalized spacial score (nSPS) is 10.1. The van der Waals surface area contributed by atoms with Crippen LogP contribution < -0.4 is 10.6 Å². The molecule has 0 atom stereocenters. The lowest BCUT2D eigenvalue weighted by Gasteiger charge is -2.07. The van der Waals surface area contributed by atoms with E-state index in [9.17, 15) is 9.59 Å². The van der Waals surface area contributed by atoms with Crippen molar-refractivity contribution in [3.05, 3.63) is 29.8 Å². The number of nitrogens with one attached hydrogen (secondary N) is 2. The van der Waals surface area contributed by atoms with E-state index in [1.54, 1.807) is 0 Å². The summed E-state index contributed by atoms with van der Waals surface area (Å²) in [6, 6.07) is 7.58. The number of hydrogen-bond acceptors (Lipinski definition) is 2. The Balaban J connectivity index is 2.21. The first kappa shape index (κ1) is 16.2. The molecule has 1 rings (SSSR count). The minimum atomic E-state index is -0.197. The van der Waals surface area contributed by atoms with Gasteiger partial charge in [-0.1, -0.05) is 38.3 Å². The fourth-order valence-electron chi connectivity index (χ4n) is 1.91. The number of benzene rings is 1. The summed E-state index contributed by atoms with van der Waals surface area (Å²) < 4.78 is 0. The molecule has 4 heteroatoms. The van der Waals surface area contributed by atoms with Gasteiger partial charge in [-0.05, 0) is 31.0 Å². The van der Waals surface area contributed by atoms with Crippen molar-refractivity contribution >= 4 is 17.5 Å². The van der Waals surface area contributed by atoms with Gasteiger partial charge in [-0.25, -0.2) is 0 Å². The molecule has 2 amide bonds. The molecule has 0 aliphatic rings. The van der Waals surface area contributed by atoms with Gasteiger partial charge in [0.25, 0.3) is 0 Å². The summed E-state index contributed by atoms with van der Waals surface area (Å²) in [6.07, 6.45) is 4.76. The summed E-state index contributed by atoms with van der Waals surface area (Å²) >= 11 is 0. The minimum absolute atomic E-state index is 0.0283. The molecule has 0 spiro atoms. The second-order valence-electron chi connectivity index (χ2n) is 5.01. The molecule has 2 N–H and O–H groups in total. The van der Waals surface area contributed by atoms with Gasteiger partial charge in [-0.15, -0.1) is 0 Å². The number of rotatable bonds is 8. The lowest BCUT2D eigenvalue weighted by atomic mass is 10.1. The van der Waals surface area contributed by atoms with Crippen LogP contribution in [0.1, 0.15) is 44.6 Å². The van der Waals surface area contributed by atoms with E-state index in [1.165, 1.54) is 0 Å². The summed E-state index contributed by atoms with van der Waals surface area (Å²) in [7, 11) is 0. The molecule has 20 heavy (non-hydrogen) atoms. The summed E-state index contributed by atoms with van der Waals surface area (Å²) in [5.41, 5.74) is 1.84. The third-order valence-corrected chi connectivity index (χ3v) is 3.01. The second kappa shape index (κ2) is 9.13. The van der Waals surface area contributed by atoms with E-state index < -0.39 is 0 Å². The Labute approximate surface area is 121 Å². The quantitative estimate of drug-likeness (QED) is 0.717. The molecule has 0 aliphatic carbocycles. The zero-order chi connectivity index (χ0) is 14.8. The van der Waals surface area contributed by atoms with Gasteiger partial charge in [0.05, 0.1) is 6.54 Å². The van der Waals surface area contributed by atoms with Crippen LogP contribution in [0.15, 0.2) is 24.3 Å². The molecule has 0 unspecified atom stereocenters. The number of carbonyl (C=O) groups is 2. The van der Waals surface area contributed by atoms with E-state index in [-0.39, 0.29) is 18.4 Å². The smallest absolute Gasteiger partial charge is 0.243 e. The van der Waals surface area contributed by atoms with Crippen molar-refractivity contribution in [2.45, 2.75) is 46.0 Å². The van der Waals surface area contributed by atoms with Crippen LogP contribution in [0, 0.1) is 6.92 Å². The molecule has 1 aromatic rings. The monoisotopic (exact) mass is 276 g/mol. The SMILES string of the molecule is CCCCCCC(=O)NCC(=O)Nc1cccc(C)c1. The number of unbranched alkanes of at least 4 members (excludes halogenated alkanes) is 3. The molecular weight excluding hydrogens is 252 g/mol. The highest BCUT2D eigenvalue weighted by atomic mass is 16.2. The topological polar surface area (TPSA) is 58.2 Å². The van der Waals surface area contributed by atoms with E-state index in [0.29, 0.717) is 6.42 Å². The number of amides is 2. The lowest BCUT2D eigenvalue weighted by Crippen LogP contribution is -2.32. The Morgan fingerprint density at radius 2 is 1.90 bits per heavy atom. The second-order valence-corrected chi connectivity index (χ2v) is 5.01. The van der Waals surface area contributed by atoms with E-state index in [4.69, 9.17) is 0 Å². The summed E-state index contributed by atoms with van der Waals surface area (Å²) in [6.45, 7) is 4.13. The Morgan fingerprint density at radius 1 is 1.10 bits per heavy atom. The number of aryl methyl sites for hydroxylation is 1. The Bertz CT molecular complexity index is 444. The largest absolute Gasteiger partial charge is 0.347 e. The van der Waals surface area contributed by atoms with Gasteiger partial charge in [-0.2, -0.15) is 0 Å². The lowest BCUT2D eigenvalue weighted by molar-refractivity contribution is -0.124. The van der Waals surface area contributed by atoms with Crippen LogP contribution in [0.25, 0.3) is 0 Å². The van der Waals surface area contributed by atoms with Gasteiger partial charge in [0.1, 0.15) is 0 Å². The summed E-state index contributed by atoms with van der Waals surface area (Å²) in [5, 5.41) is 5.40. The van der Waals surface area contributed by atoms with E-state index in [2.05, 4.69) is 17.6 Å². The molecule has 0 saturated heterocycles. The highest BCUT2D eigenvalue weighted by molar-refractivity contribution is 5.94. The van der Waals surface area contributed by atoms with Crippen molar-refractivity contribution < 1.29 is 9.59 Å². The summed E-state index contributed by atoms with van der Waals surface area (Å²) in [5.74, 6) is -0.252. The number of anilines is 1. The molecular formula is C16H24N2O2. The van der Waals surface area contributed by atoms with Crippen LogP contribution in [0.2, 0.25) is 0 Å². The summed E-state index contributed by atoms with van der Waals surface area (Å²) in [4.78, 5) is 23.2. The van der Waals surface area contributed by atoms with Gasteiger partial charge in [0.15, 0.2) is 0 Å². The van der Waals surface area contributed by atoms with Crippen LogP contribution >= 0.6 is 0 Å². The van der Waals surface area contributed by atoms with Crippen molar-refractivity contribution in [3.63, 3.8) is 0 Å². The maximum absolute atomic E-state index is 11.7. The van der Waals surface area contributed by atoms with Crippen molar-refractivity contribution in [3.8, 4) is 0 Å². The first-order chi connectivity index (χ1) is 9.61. The fourth-order valence-corrected chi connectivity index (χ4v) is 1.91. The molecule has 110 valence electrons. The predicted octanol–water partition coefficient (Wildman–Crippen LogP) is 3.02. The zero-order valence-electron chi connectivity index (χ0n) is 12.4. The minimum Gasteiger partial charge on any atom is -0.347 e.